The molecule has 30 heavy (non-hydrogen) atoms. The van der Waals surface area contributed by atoms with Gasteiger partial charge in [0.2, 0.25) is 15.9 Å². The van der Waals surface area contributed by atoms with Crippen molar-refractivity contribution in [2.45, 2.75) is 23.9 Å². The lowest BCUT2D eigenvalue weighted by Gasteiger charge is -2.31. The molecule has 1 heterocycles. The van der Waals surface area contributed by atoms with Gasteiger partial charge in [0.1, 0.15) is 5.82 Å². The van der Waals surface area contributed by atoms with E-state index in [4.69, 9.17) is 0 Å². The maximum atomic E-state index is 13.1. The first-order valence-corrected chi connectivity index (χ1v) is 10.5. The first-order chi connectivity index (χ1) is 14.1. The molecular weight excluding hydrogens is 426 g/mol. The van der Waals surface area contributed by atoms with E-state index in [0.29, 0.717) is 12.8 Å². The van der Waals surface area contributed by atoms with Crippen LogP contribution in [-0.2, 0) is 21.0 Å². The standard InChI is InChI=1S/C19H19F4N3O3S/c20-14-7-9-15(10-8-14)30(28,29)26-11-3-4-13(12-26)18(27)25-24-17-6-2-1-5-16(17)19(21,22)23/h1-2,5-10,13,24H,3-4,11-12H2,(H,25,27). The number of hydrogen-bond acceptors (Lipinski definition) is 4. The predicted octanol–water partition coefficient (Wildman–Crippen LogP) is 3.39. The van der Waals surface area contributed by atoms with Gasteiger partial charge in [-0.1, -0.05) is 12.1 Å². The molecule has 1 atom stereocenters. The number of halogens is 4. The Morgan fingerprint density at radius 2 is 1.73 bits per heavy atom. The van der Waals surface area contributed by atoms with Gasteiger partial charge in [-0.15, -0.1) is 0 Å². The molecule has 2 aromatic carbocycles. The highest BCUT2D eigenvalue weighted by Gasteiger charge is 2.35. The second-order valence-corrected chi connectivity index (χ2v) is 8.75. The van der Waals surface area contributed by atoms with Crippen molar-refractivity contribution in [3.63, 3.8) is 0 Å². The monoisotopic (exact) mass is 445 g/mol. The molecule has 1 aliphatic rings. The number of alkyl halides is 3. The van der Waals surface area contributed by atoms with E-state index in [9.17, 15) is 30.8 Å². The molecule has 3 rings (SSSR count). The molecule has 1 amide bonds. The van der Waals surface area contributed by atoms with Crippen LogP contribution in [0.2, 0.25) is 0 Å². The van der Waals surface area contributed by atoms with Crippen LogP contribution >= 0.6 is 0 Å². The lowest BCUT2D eigenvalue weighted by atomic mass is 9.99. The van der Waals surface area contributed by atoms with Crippen LogP contribution in [0.15, 0.2) is 53.4 Å². The molecule has 0 saturated carbocycles. The Morgan fingerprint density at radius 3 is 2.40 bits per heavy atom. The van der Waals surface area contributed by atoms with E-state index < -0.39 is 39.4 Å². The average molecular weight is 445 g/mol. The minimum Gasteiger partial charge on any atom is -0.298 e. The molecule has 0 bridgehead atoms. The zero-order valence-corrected chi connectivity index (χ0v) is 16.4. The number of anilines is 1. The number of piperidine rings is 1. The van der Waals surface area contributed by atoms with Gasteiger partial charge in [0.15, 0.2) is 0 Å². The van der Waals surface area contributed by atoms with Crippen LogP contribution in [0.1, 0.15) is 18.4 Å². The van der Waals surface area contributed by atoms with Crippen molar-refractivity contribution in [1.29, 1.82) is 0 Å². The summed E-state index contributed by atoms with van der Waals surface area (Å²) in [6.45, 7) is 0.0575. The quantitative estimate of drug-likeness (QED) is 0.546. The van der Waals surface area contributed by atoms with E-state index in [-0.39, 0.29) is 23.7 Å². The van der Waals surface area contributed by atoms with E-state index in [1.54, 1.807) is 0 Å². The molecular formula is C19H19F4N3O3S. The molecule has 2 aromatic rings. The topological polar surface area (TPSA) is 78.5 Å². The fraction of sp³-hybridized carbons (Fsp3) is 0.316. The number of amides is 1. The summed E-state index contributed by atoms with van der Waals surface area (Å²) in [7, 11) is -3.92. The van der Waals surface area contributed by atoms with E-state index in [0.717, 1.165) is 34.6 Å². The Hall–Kier alpha value is -2.66. The number of sulfonamides is 1. The predicted molar refractivity (Wildman–Crippen MR) is 101 cm³/mol. The van der Waals surface area contributed by atoms with E-state index in [1.165, 1.54) is 18.2 Å². The molecule has 0 aliphatic carbocycles. The summed E-state index contributed by atoms with van der Waals surface area (Å²) in [5.41, 5.74) is 3.27. The van der Waals surface area contributed by atoms with Crippen LogP contribution in [-0.4, -0.2) is 31.7 Å². The molecule has 0 radical (unpaired) electrons. The average Bonchev–Trinajstić information content (AvgIpc) is 2.72. The van der Waals surface area contributed by atoms with Crippen LogP contribution < -0.4 is 10.9 Å². The number of nitrogens with one attached hydrogen (secondary N) is 2. The molecule has 162 valence electrons. The smallest absolute Gasteiger partial charge is 0.298 e. The highest BCUT2D eigenvalue weighted by molar-refractivity contribution is 7.89. The van der Waals surface area contributed by atoms with Crippen molar-refractivity contribution >= 4 is 21.6 Å². The van der Waals surface area contributed by atoms with Crippen LogP contribution in [0.4, 0.5) is 23.2 Å². The maximum absolute atomic E-state index is 13.1. The second kappa shape index (κ2) is 8.60. The van der Waals surface area contributed by atoms with Gasteiger partial charge in [-0.2, -0.15) is 17.5 Å². The molecule has 1 aliphatic heterocycles. The van der Waals surface area contributed by atoms with Crippen LogP contribution in [0.3, 0.4) is 0 Å². The Bertz CT molecular complexity index is 1010. The van der Waals surface area contributed by atoms with Gasteiger partial charge in [0.25, 0.3) is 0 Å². The molecule has 2 N–H and O–H groups in total. The lowest BCUT2D eigenvalue weighted by molar-refractivity contribution is -0.137. The fourth-order valence-electron chi connectivity index (χ4n) is 3.20. The van der Waals surface area contributed by atoms with Gasteiger partial charge in [-0.25, -0.2) is 12.8 Å². The zero-order valence-electron chi connectivity index (χ0n) is 15.6. The zero-order chi connectivity index (χ0) is 21.9. The second-order valence-electron chi connectivity index (χ2n) is 6.81. The normalized spacial score (nSPS) is 18.1. The number of carbonyl (C=O) groups is 1. The molecule has 1 saturated heterocycles. The summed E-state index contributed by atoms with van der Waals surface area (Å²) in [6.07, 6.45) is -3.82. The highest BCUT2D eigenvalue weighted by Crippen LogP contribution is 2.34. The van der Waals surface area contributed by atoms with Gasteiger partial charge in [0.05, 0.1) is 22.1 Å². The summed E-state index contributed by atoms with van der Waals surface area (Å²) in [5, 5.41) is 0. The van der Waals surface area contributed by atoms with Gasteiger partial charge < -0.3 is 0 Å². The Kier molecular flexibility index (Phi) is 6.32. The Morgan fingerprint density at radius 1 is 1.07 bits per heavy atom. The summed E-state index contributed by atoms with van der Waals surface area (Å²) in [6, 6.07) is 9.03. The van der Waals surface area contributed by atoms with Crippen molar-refractivity contribution in [1.82, 2.24) is 9.73 Å². The number of hydrogen-bond donors (Lipinski definition) is 2. The third kappa shape index (κ3) is 4.90. The number of hydrazine groups is 1. The minimum atomic E-state index is -4.60. The fourth-order valence-corrected chi connectivity index (χ4v) is 4.72. The van der Waals surface area contributed by atoms with Gasteiger partial charge in [-0.05, 0) is 49.2 Å². The number of para-hydroxylation sites is 1. The van der Waals surface area contributed by atoms with Crippen LogP contribution in [0.5, 0.6) is 0 Å². The number of carbonyl (C=O) groups excluding carboxylic acids is 1. The molecule has 1 unspecified atom stereocenters. The Balaban J connectivity index is 1.67. The van der Waals surface area contributed by atoms with E-state index in [1.807, 2.05) is 0 Å². The third-order valence-corrected chi connectivity index (χ3v) is 6.64. The molecule has 0 spiro atoms. The third-order valence-electron chi connectivity index (χ3n) is 4.76. The van der Waals surface area contributed by atoms with Crippen molar-refractivity contribution in [2.24, 2.45) is 5.92 Å². The summed E-state index contributed by atoms with van der Waals surface area (Å²) in [5.74, 6) is -1.94. The van der Waals surface area contributed by atoms with E-state index >= 15 is 0 Å². The summed E-state index contributed by atoms with van der Waals surface area (Å²) >= 11 is 0. The van der Waals surface area contributed by atoms with Crippen molar-refractivity contribution < 1.29 is 30.8 Å². The molecule has 0 aromatic heterocycles. The van der Waals surface area contributed by atoms with Crippen molar-refractivity contribution in [3.05, 3.63) is 59.9 Å². The lowest BCUT2D eigenvalue weighted by Crippen LogP contribution is -2.46. The maximum Gasteiger partial charge on any atom is 0.418 e. The number of nitrogens with zero attached hydrogens (tertiary/aromatic N) is 1. The molecule has 6 nitrogen and oxygen atoms in total. The minimum absolute atomic E-state index is 0.0952. The summed E-state index contributed by atoms with van der Waals surface area (Å²) < 4.78 is 78.8. The SMILES string of the molecule is O=C(NNc1ccccc1C(F)(F)F)C1CCCN(S(=O)(=O)c2ccc(F)cc2)C1. The van der Waals surface area contributed by atoms with Gasteiger partial charge >= 0.3 is 6.18 Å². The van der Waals surface area contributed by atoms with Crippen LogP contribution in [0, 0.1) is 11.7 Å². The van der Waals surface area contributed by atoms with Crippen molar-refractivity contribution in [2.75, 3.05) is 18.5 Å². The number of benzene rings is 2. The van der Waals surface area contributed by atoms with Crippen molar-refractivity contribution in [3.8, 4) is 0 Å². The first-order valence-electron chi connectivity index (χ1n) is 9.07. The largest absolute Gasteiger partial charge is 0.418 e. The van der Waals surface area contributed by atoms with Gasteiger partial charge in [-0.3, -0.25) is 15.6 Å². The summed E-state index contributed by atoms with van der Waals surface area (Å²) in [4.78, 5) is 12.4. The van der Waals surface area contributed by atoms with Crippen LogP contribution in [0.25, 0.3) is 0 Å². The first kappa shape index (κ1) is 22.0. The molecule has 1 fully saturated rings. The van der Waals surface area contributed by atoms with E-state index in [2.05, 4.69) is 10.9 Å². The van der Waals surface area contributed by atoms with Gasteiger partial charge in [0, 0.05) is 13.1 Å². The number of rotatable bonds is 5. The highest BCUT2D eigenvalue weighted by atomic mass is 32.2. The Labute approximate surface area is 170 Å². The molecule has 11 heteroatoms.